The molecule has 0 N–H and O–H groups in total. The lowest BCUT2D eigenvalue weighted by Crippen LogP contribution is -2.48. The summed E-state index contributed by atoms with van der Waals surface area (Å²) in [7, 11) is 0. The van der Waals surface area contributed by atoms with Gasteiger partial charge in [0.2, 0.25) is 5.91 Å². The quantitative estimate of drug-likeness (QED) is 0.739. The van der Waals surface area contributed by atoms with Crippen LogP contribution in [0.1, 0.15) is 17.9 Å². The molecule has 5 nitrogen and oxygen atoms in total. The molecular formula is C18H22FN3O2S. The highest BCUT2D eigenvalue weighted by atomic mass is 32.2. The number of piperazine rings is 1. The summed E-state index contributed by atoms with van der Waals surface area (Å²) < 4.78 is 18.8. The van der Waals surface area contributed by atoms with Crippen LogP contribution in [-0.2, 0) is 11.3 Å². The van der Waals surface area contributed by atoms with Gasteiger partial charge in [-0.1, -0.05) is 17.3 Å². The number of hydrogen-bond donors (Lipinski definition) is 0. The van der Waals surface area contributed by atoms with Gasteiger partial charge in [-0.05, 0) is 19.1 Å². The van der Waals surface area contributed by atoms with Crippen molar-refractivity contribution >= 4 is 17.7 Å². The van der Waals surface area contributed by atoms with Crippen LogP contribution in [0.4, 0.5) is 4.39 Å². The van der Waals surface area contributed by atoms with Gasteiger partial charge in [-0.3, -0.25) is 9.69 Å². The van der Waals surface area contributed by atoms with Crippen molar-refractivity contribution in [2.24, 2.45) is 0 Å². The molecule has 1 aromatic heterocycles. The van der Waals surface area contributed by atoms with Crippen LogP contribution in [0.25, 0.3) is 0 Å². The van der Waals surface area contributed by atoms with Gasteiger partial charge in [0.25, 0.3) is 0 Å². The number of amides is 1. The van der Waals surface area contributed by atoms with Crippen molar-refractivity contribution in [2.45, 2.75) is 24.8 Å². The first kappa shape index (κ1) is 17.9. The number of aryl methyl sites for hydroxylation is 1. The molecule has 1 aliphatic heterocycles. The van der Waals surface area contributed by atoms with E-state index in [4.69, 9.17) is 4.52 Å². The first-order valence-corrected chi connectivity index (χ1v) is 9.40. The minimum Gasteiger partial charge on any atom is -0.360 e. The molecule has 134 valence electrons. The Morgan fingerprint density at radius 1 is 1.28 bits per heavy atom. The van der Waals surface area contributed by atoms with Crippen molar-refractivity contribution < 1.29 is 13.7 Å². The Morgan fingerprint density at radius 2 is 2.04 bits per heavy atom. The van der Waals surface area contributed by atoms with E-state index in [-0.39, 0.29) is 11.7 Å². The molecule has 1 saturated heterocycles. The third kappa shape index (κ3) is 5.06. The maximum Gasteiger partial charge on any atom is 0.223 e. The lowest BCUT2D eigenvalue weighted by molar-refractivity contribution is -0.132. The van der Waals surface area contributed by atoms with Crippen molar-refractivity contribution in [3.8, 4) is 0 Å². The van der Waals surface area contributed by atoms with E-state index >= 15 is 0 Å². The average molecular weight is 363 g/mol. The van der Waals surface area contributed by atoms with Gasteiger partial charge in [-0.2, -0.15) is 0 Å². The molecule has 0 spiro atoms. The molecule has 1 fully saturated rings. The van der Waals surface area contributed by atoms with Crippen LogP contribution in [0.5, 0.6) is 0 Å². The molecule has 0 aliphatic carbocycles. The number of aromatic nitrogens is 1. The van der Waals surface area contributed by atoms with Gasteiger partial charge >= 0.3 is 0 Å². The maximum atomic E-state index is 13.6. The van der Waals surface area contributed by atoms with Crippen molar-refractivity contribution in [2.75, 3.05) is 31.9 Å². The summed E-state index contributed by atoms with van der Waals surface area (Å²) in [5.41, 5.74) is 0.885. The van der Waals surface area contributed by atoms with Crippen LogP contribution in [0, 0.1) is 12.7 Å². The lowest BCUT2D eigenvalue weighted by Gasteiger charge is -2.34. The Bertz CT molecular complexity index is 714. The lowest BCUT2D eigenvalue weighted by atomic mass is 10.2. The summed E-state index contributed by atoms with van der Waals surface area (Å²) in [6, 6.07) is 8.61. The number of carbonyl (C=O) groups excluding carboxylic acids is 1. The number of carbonyl (C=O) groups is 1. The molecule has 7 heteroatoms. The summed E-state index contributed by atoms with van der Waals surface area (Å²) in [5.74, 6) is 1.37. The van der Waals surface area contributed by atoms with E-state index in [9.17, 15) is 9.18 Å². The number of halogens is 1. The molecule has 2 aromatic rings. The SMILES string of the molecule is Cc1cc(CN2CCN(C(=O)CCSc3ccccc3F)CC2)on1. The monoisotopic (exact) mass is 363 g/mol. The van der Waals surface area contributed by atoms with Gasteiger partial charge in [0.1, 0.15) is 5.82 Å². The zero-order valence-electron chi connectivity index (χ0n) is 14.3. The summed E-state index contributed by atoms with van der Waals surface area (Å²) in [6.07, 6.45) is 0.431. The van der Waals surface area contributed by atoms with E-state index in [1.54, 1.807) is 12.1 Å². The molecule has 1 aliphatic rings. The Labute approximate surface area is 151 Å². The summed E-state index contributed by atoms with van der Waals surface area (Å²) in [4.78, 5) is 17.1. The van der Waals surface area contributed by atoms with Crippen molar-refractivity contribution in [1.29, 1.82) is 0 Å². The molecule has 1 amide bonds. The average Bonchev–Trinajstić information content (AvgIpc) is 3.02. The molecule has 25 heavy (non-hydrogen) atoms. The van der Waals surface area contributed by atoms with Gasteiger partial charge in [0.05, 0.1) is 12.2 Å². The number of benzene rings is 1. The van der Waals surface area contributed by atoms with E-state index in [1.165, 1.54) is 17.8 Å². The van der Waals surface area contributed by atoms with Crippen LogP contribution in [0.3, 0.4) is 0 Å². The number of rotatable bonds is 6. The smallest absolute Gasteiger partial charge is 0.223 e. The van der Waals surface area contributed by atoms with Crippen molar-refractivity contribution in [1.82, 2.24) is 15.0 Å². The van der Waals surface area contributed by atoms with Crippen LogP contribution in [-0.4, -0.2) is 52.8 Å². The Hall–Kier alpha value is -1.86. The number of nitrogens with zero attached hydrogens (tertiary/aromatic N) is 3. The van der Waals surface area contributed by atoms with Crippen LogP contribution in [0.2, 0.25) is 0 Å². The highest BCUT2D eigenvalue weighted by Crippen LogP contribution is 2.22. The fraction of sp³-hybridized carbons (Fsp3) is 0.444. The summed E-state index contributed by atoms with van der Waals surface area (Å²) in [6.45, 7) is 5.72. The predicted molar refractivity (Wildman–Crippen MR) is 94.8 cm³/mol. The standard InChI is InChI=1S/C18H22FN3O2S/c1-14-12-15(24-20-14)13-21-7-9-22(10-8-21)18(23)6-11-25-17-5-3-2-4-16(17)19/h2-5,12H,6-11,13H2,1H3. The largest absolute Gasteiger partial charge is 0.360 e. The minimum absolute atomic E-state index is 0.138. The Balaban J connectivity index is 1.38. The molecule has 0 radical (unpaired) electrons. The first-order valence-electron chi connectivity index (χ1n) is 8.41. The van der Waals surface area contributed by atoms with Gasteiger partial charge in [0.15, 0.2) is 5.76 Å². The van der Waals surface area contributed by atoms with E-state index in [0.717, 1.165) is 44.2 Å². The van der Waals surface area contributed by atoms with E-state index in [0.29, 0.717) is 17.1 Å². The van der Waals surface area contributed by atoms with E-state index in [1.807, 2.05) is 24.0 Å². The highest BCUT2D eigenvalue weighted by Gasteiger charge is 2.21. The second kappa shape index (κ2) is 8.49. The molecule has 0 unspecified atom stereocenters. The molecular weight excluding hydrogens is 341 g/mol. The zero-order valence-corrected chi connectivity index (χ0v) is 15.1. The minimum atomic E-state index is -0.226. The van der Waals surface area contributed by atoms with Crippen molar-refractivity contribution in [3.05, 3.63) is 47.6 Å². The van der Waals surface area contributed by atoms with Gasteiger partial charge < -0.3 is 9.42 Å². The Morgan fingerprint density at radius 3 is 2.72 bits per heavy atom. The van der Waals surface area contributed by atoms with Crippen molar-refractivity contribution in [3.63, 3.8) is 0 Å². The number of hydrogen-bond acceptors (Lipinski definition) is 5. The molecule has 0 atom stereocenters. The topological polar surface area (TPSA) is 49.6 Å². The van der Waals surface area contributed by atoms with E-state index in [2.05, 4.69) is 10.1 Å². The zero-order chi connectivity index (χ0) is 17.6. The van der Waals surface area contributed by atoms with Gasteiger partial charge in [-0.25, -0.2) is 4.39 Å². The second-order valence-electron chi connectivity index (χ2n) is 6.12. The predicted octanol–water partition coefficient (Wildman–Crippen LogP) is 2.95. The van der Waals surface area contributed by atoms with Crippen LogP contribution in [0.15, 0.2) is 39.8 Å². The molecule has 0 saturated carbocycles. The summed E-state index contributed by atoms with van der Waals surface area (Å²) in [5, 5.41) is 3.89. The summed E-state index contributed by atoms with van der Waals surface area (Å²) >= 11 is 1.39. The Kier molecular flexibility index (Phi) is 6.09. The molecule has 3 rings (SSSR count). The molecule has 0 bridgehead atoms. The van der Waals surface area contributed by atoms with Gasteiger partial charge in [-0.15, -0.1) is 11.8 Å². The van der Waals surface area contributed by atoms with E-state index < -0.39 is 0 Å². The third-order valence-corrected chi connectivity index (χ3v) is 5.24. The van der Waals surface area contributed by atoms with Gasteiger partial charge in [0, 0.05) is 49.3 Å². The normalized spacial score (nSPS) is 15.5. The van der Waals surface area contributed by atoms with Crippen LogP contribution >= 0.6 is 11.8 Å². The maximum absolute atomic E-state index is 13.6. The second-order valence-corrected chi connectivity index (χ2v) is 7.26. The number of thioether (sulfide) groups is 1. The highest BCUT2D eigenvalue weighted by molar-refractivity contribution is 7.99. The van der Waals surface area contributed by atoms with Crippen LogP contribution < -0.4 is 0 Å². The molecule has 1 aromatic carbocycles. The first-order chi connectivity index (χ1) is 12.1. The third-order valence-electron chi connectivity index (χ3n) is 4.19. The fourth-order valence-corrected chi connectivity index (χ4v) is 3.71. The molecule has 2 heterocycles. The fourth-order valence-electron chi connectivity index (χ4n) is 2.83.